The summed E-state index contributed by atoms with van der Waals surface area (Å²) < 4.78 is 83.0. The standard InChI is InChI=1S/2C43H45ClN6O7S/c1-27-4-10-35-38(50(52)53)22-34(23-40(35)56-27)58(54,55)47-42(51)36-11-9-32(21-39(36)57-33-20-29-13-15-45-41(29)46-25-33)49-18-16-48(17-19-49)26-30-12-14-43(2,3)24-37(30)28-5-7-31(44)8-6-28;1-27-18-36-38(50(52)53)21-34(22-39(36)56-26-27)58(54,55)47-42(51)35-9-8-32(20-40(35)57-33-19-29-11-13-45-41(29)46-24-33)49-16-14-48(15-17-49)25-30-10-12-43(2,3)23-37(30)28-4-6-31(44)7-5-28/h5-9,11,13,15,20-23,25,27H,4,10,12,14,16-19,24,26H2,1-3H3,(H,45,46)(H,47,51);4-9,11,13,19-22,24,27H,10,12,14-18,23,25-26H2,1-3H3,(H,45,46)(H,47,51)/t;27-/m.0/s1. The molecule has 0 saturated carbocycles. The molecule has 0 bridgehead atoms. The number of carbonyl (C=O) groups is 2. The van der Waals surface area contributed by atoms with E-state index in [-0.39, 0.29) is 75.0 Å². The van der Waals surface area contributed by atoms with E-state index in [1.165, 1.54) is 70.1 Å². The Labute approximate surface area is 682 Å². The van der Waals surface area contributed by atoms with Crippen LogP contribution in [0.15, 0.2) is 179 Å². The van der Waals surface area contributed by atoms with E-state index in [2.05, 4.69) is 101 Å². The van der Waals surface area contributed by atoms with Crippen molar-refractivity contribution in [3.63, 3.8) is 0 Å². The Morgan fingerprint density at radius 1 is 0.569 bits per heavy atom. The molecule has 604 valence electrons. The second-order valence-corrected chi connectivity index (χ2v) is 36.7. The number of carbonyl (C=O) groups excluding carboxylic acids is 2. The van der Waals surface area contributed by atoms with Gasteiger partial charge >= 0.3 is 0 Å². The van der Waals surface area contributed by atoms with Gasteiger partial charge in [0.05, 0.1) is 67.0 Å². The summed E-state index contributed by atoms with van der Waals surface area (Å²) >= 11 is 12.5. The number of anilines is 2. The van der Waals surface area contributed by atoms with Gasteiger partial charge in [0.25, 0.3) is 43.2 Å². The zero-order valence-electron chi connectivity index (χ0n) is 65.2. The molecule has 4 aliphatic heterocycles. The molecule has 2 fully saturated rings. The van der Waals surface area contributed by atoms with E-state index in [1.807, 2.05) is 43.3 Å². The van der Waals surface area contributed by atoms with Crippen molar-refractivity contribution in [1.29, 1.82) is 0 Å². The third kappa shape index (κ3) is 18.2. The molecule has 1 unspecified atom stereocenters. The molecular weight excluding hydrogens is 1560 g/mol. The fraction of sp³-hybridized carbons (Fsp3) is 0.349. The van der Waals surface area contributed by atoms with Gasteiger partial charge in [0, 0.05) is 146 Å². The average molecular weight is 1650 g/mol. The maximum Gasteiger partial charge on any atom is 0.277 e. The molecule has 4 aromatic heterocycles. The van der Waals surface area contributed by atoms with Crippen LogP contribution in [0.3, 0.4) is 0 Å². The number of nitro benzene ring substituents is 2. The molecule has 2 saturated heterocycles. The number of H-pyrrole nitrogens is 2. The zero-order valence-corrected chi connectivity index (χ0v) is 68.3. The van der Waals surface area contributed by atoms with Gasteiger partial charge in [-0.1, -0.05) is 93.2 Å². The van der Waals surface area contributed by atoms with Gasteiger partial charge in [-0.15, -0.1) is 0 Å². The number of sulfonamides is 2. The molecule has 0 spiro atoms. The van der Waals surface area contributed by atoms with Crippen LogP contribution in [0.5, 0.6) is 34.5 Å². The number of amides is 2. The number of pyridine rings is 2. The summed E-state index contributed by atoms with van der Waals surface area (Å²) in [6.45, 7) is 21.3. The summed E-state index contributed by atoms with van der Waals surface area (Å²) in [5.41, 5.74) is 11.4. The number of nitrogens with one attached hydrogen (secondary N) is 4. The Morgan fingerprint density at radius 3 is 1.46 bits per heavy atom. The lowest BCUT2D eigenvalue weighted by Gasteiger charge is -2.39. The van der Waals surface area contributed by atoms with Crippen LogP contribution < -0.4 is 38.2 Å². The molecule has 30 heteroatoms. The first-order valence-electron chi connectivity index (χ1n) is 38.9. The van der Waals surface area contributed by atoms with Crippen molar-refractivity contribution in [3.05, 3.63) is 233 Å². The lowest BCUT2D eigenvalue weighted by molar-refractivity contribution is -0.386. The van der Waals surface area contributed by atoms with Crippen LogP contribution in [-0.4, -0.2) is 146 Å². The highest BCUT2D eigenvalue weighted by atomic mass is 35.5. The first kappa shape index (κ1) is 80.3. The number of hydrogen-bond acceptors (Lipinski definition) is 20. The van der Waals surface area contributed by atoms with E-state index >= 15 is 0 Å². The number of hydrogen-bond donors (Lipinski definition) is 4. The van der Waals surface area contributed by atoms with Crippen LogP contribution >= 0.6 is 23.2 Å². The van der Waals surface area contributed by atoms with E-state index in [0.717, 1.165) is 148 Å². The van der Waals surface area contributed by atoms with Crippen molar-refractivity contribution in [3.8, 4) is 34.5 Å². The molecule has 6 aromatic carbocycles. The predicted octanol–water partition coefficient (Wildman–Crippen LogP) is 16.9. The van der Waals surface area contributed by atoms with Crippen LogP contribution in [0.4, 0.5) is 22.7 Å². The SMILES string of the molecule is CC1CCc2c(cc(S(=O)(=O)NC(=O)c3ccc(N4CCN(CC5=C(c6ccc(Cl)cc6)CC(C)(C)CC5)CC4)cc3Oc3cnc4[nH]ccc4c3)cc2[N+](=O)[O-])O1.C[C@@H]1COc2cc(S(=O)(=O)NC(=O)c3ccc(N4CCN(CC5=C(c6ccc(Cl)cc6)CC(C)(C)CC5)CC4)cc3Oc3cnc4[nH]ccc4c3)cc([N+](=O)[O-])c2C1. The molecule has 2 amide bonds. The number of halogens is 2. The summed E-state index contributed by atoms with van der Waals surface area (Å²) in [5.74, 6) is -0.722. The summed E-state index contributed by atoms with van der Waals surface area (Å²) in [6, 6.07) is 38.1. The zero-order chi connectivity index (χ0) is 81.5. The fourth-order valence-corrected chi connectivity index (χ4v) is 18.5. The Hall–Kier alpha value is -10.9. The summed E-state index contributed by atoms with van der Waals surface area (Å²) in [5, 5.41) is 27.0. The lowest BCUT2D eigenvalue weighted by atomic mass is 9.72. The largest absolute Gasteiger partial charge is 0.493 e. The molecule has 26 nitrogen and oxygen atoms in total. The quantitative estimate of drug-likeness (QED) is 0.0407. The molecule has 116 heavy (non-hydrogen) atoms. The number of piperazine rings is 2. The van der Waals surface area contributed by atoms with Crippen molar-refractivity contribution < 1.29 is 55.2 Å². The fourth-order valence-electron chi connectivity index (χ4n) is 16.2. The first-order valence-corrected chi connectivity index (χ1v) is 42.6. The van der Waals surface area contributed by atoms with Crippen molar-refractivity contribution >= 4 is 111 Å². The van der Waals surface area contributed by atoms with Crippen LogP contribution in [0, 0.1) is 37.0 Å². The number of aromatic nitrogens is 4. The second kappa shape index (κ2) is 33.0. The highest BCUT2D eigenvalue weighted by molar-refractivity contribution is 7.90. The topological polar surface area (TPSA) is 320 Å². The lowest BCUT2D eigenvalue weighted by Crippen LogP contribution is -2.47. The van der Waals surface area contributed by atoms with Gasteiger partial charge in [0.15, 0.2) is 0 Å². The summed E-state index contributed by atoms with van der Waals surface area (Å²) in [6.07, 6.45) is 14.0. The molecule has 2 aliphatic carbocycles. The summed E-state index contributed by atoms with van der Waals surface area (Å²) in [7, 11) is -9.17. The maximum absolute atomic E-state index is 13.9. The van der Waals surface area contributed by atoms with E-state index in [0.29, 0.717) is 53.2 Å². The minimum atomic E-state index is -4.59. The van der Waals surface area contributed by atoms with Gasteiger partial charge in [0.2, 0.25) is 0 Å². The Bertz CT molecular complexity index is 5800. The number of aromatic amines is 2. The van der Waals surface area contributed by atoms with Crippen LogP contribution in [0.1, 0.15) is 129 Å². The van der Waals surface area contributed by atoms with E-state index in [1.54, 1.807) is 55.7 Å². The normalized spacial score (nSPS) is 18.4. The predicted molar refractivity (Wildman–Crippen MR) is 447 cm³/mol. The summed E-state index contributed by atoms with van der Waals surface area (Å²) in [4.78, 5) is 73.9. The van der Waals surface area contributed by atoms with Gasteiger partial charge in [-0.2, -0.15) is 0 Å². The molecule has 8 heterocycles. The van der Waals surface area contributed by atoms with E-state index in [4.69, 9.17) is 42.1 Å². The highest BCUT2D eigenvalue weighted by Crippen LogP contribution is 2.47. The number of nitro groups is 2. The third-order valence-corrected chi connectivity index (χ3v) is 25.8. The molecule has 0 radical (unpaired) electrons. The van der Waals surface area contributed by atoms with Crippen molar-refractivity contribution in [1.82, 2.24) is 39.2 Å². The molecule has 6 aliphatic rings. The van der Waals surface area contributed by atoms with E-state index < -0.39 is 51.5 Å². The van der Waals surface area contributed by atoms with Crippen molar-refractivity contribution in [2.24, 2.45) is 16.7 Å². The number of allylic oxidation sites excluding steroid dienone is 2. The Kier molecular flexibility index (Phi) is 22.9. The van der Waals surface area contributed by atoms with Crippen LogP contribution in [0.2, 0.25) is 10.0 Å². The number of nitrogens with zero attached hydrogens (tertiary/aromatic N) is 8. The molecule has 16 rings (SSSR count). The van der Waals surface area contributed by atoms with Crippen molar-refractivity contribution in [2.75, 3.05) is 81.9 Å². The number of ether oxygens (including phenoxy) is 4. The second-order valence-electron chi connectivity index (χ2n) is 32.4. The Balaban J connectivity index is 0.000000182. The molecule has 10 aromatic rings. The monoisotopic (exact) mass is 1650 g/mol. The van der Waals surface area contributed by atoms with Gasteiger partial charge in [0.1, 0.15) is 45.8 Å². The minimum absolute atomic E-state index is 0.0211. The average Bonchev–Trinajstić information content (AvgIpc) is 0.975. The first-order chi connectivity index (χ1) is 55.4. The molecular formula is C86H90Cl2N12O14S2. The third-order valence-electron chi connectivity index (χ3n) is 22.7. The van der Waals surface area contributed by atoms with Crippen LogP contribution in [0.25, 0.3) is 33.2 Å². The number of rotatable bonds is 20. The smallest absolute Gasteiger partial charge is 0.277 e. The van der Waals surface area contributed by atoms with Crippen LogP contribution in [-0.2, 0) is 32.9 Å². The van der Waals surface area contributed by atoms with E-state index in [9.17, 15) is 46.7 Å². The maximum atomic E-state index is 13.9. The number of fused-ring (bicyclic) bond motifs is 4. The highest BCUT2D eigenvalue weighted by Gasteiger charge is 2.37. The van der Waals surface area contributed by atoms with Gasteiger partial charge in [-0.3, -0.25) is 39.6 Å². The van der Waals surface area contributed by atoms with Crippen molar-refractivity contribution in [2.45, 2.75) is 115 Å². The molecule has 2 atom stereocenters. The van der Waals surface area contributed by atoms with Gasteiger partial charge in [-0.25, -0.2) is 36.2 Å². The molecule has 4 N–H and O–H groups in total. The van der Waals surface area contributed by atoms with Gasteiger partial charge in [-0.05, 0) is 177 Å². The Morgan fingerprint density at radius 2 is 1.01 bits per heavy atom. The minimum Gasteiger partial charge on any atom is -0.493 e. The number of benzene rings is 6. The van der Waals surface area contributed by atoms with Gasteiger partial charge < -0.3 is 38.7 Å².